The zero-order valence-corrected chi connectivity index (χ0v) is 15.6. The number of aromatic nitrogens is 1. The fourth-order valence-corrected chi connectivity index (χ4v) is 2.85. The number of nitrogens with one attached hydrogen (secondary N) is 1. The van der Waals surface area contributed by atoms with Crippen LogP contribution in [0.2, 0.25) is 5.02 Å². The second-order valence-corrected chi connectivity index (χ2v) is 6.12. The molecule has 6 heteroatoms. The maximum atomic E-state index is 12.4. The van der Waals surface area contributed by atoms with E-state index in [0.29, 0.717) is 27.5 Å². The Morgan fingerprint density at radius 3 is 2.77 bits per heavy atom. The highest BCUT2D eigenvalue weighted by Gasteiger charge is 2.18. The Balaban J connectivity index is 2.19. The molecular formula is C20H19ClN2O3. The lowest BCUT2D eigenvalue weighted by Crippen LogP contribution is -2.09. The highest BCUT2D eigenvalue weighted by molar-refractivity contribution is 6.31. The molecule has 0 aliphatic carbocycles. The molecule has 5 nitrogen and oxygen atoms in total. The van der Waals surface area contributed by atoms with Crippen molar-refractivity contribution in [1.82, 2.24) is 4.98 Å². The topological polar surface area (TPSA) is 60.5 Å². The molecule has 0 saturated carbocycles. The molecule has 134 valence electrons. The van der Waals surface area contributed by atoms with E-state index in [0.717, 1.165) is 16.6 Å². The number of para-hydroxylation sites is 1. The fourth-order valence-electron chi connectivity index (χ4n) is 2.67. The van der Waals surface area contributed by atoms with Crippen LogP contribution in [0.15, 0.2) is 42.6 Å². The van der Waals surface area contributed by atoms with E-state index in [9.17, 15) is 4.79 Å². The predicted octanol–water partition coefficient (Wildman–Crippen LogP) is 5.13. The van der Waals surface area contributed by atoms with E-state index < -0.39 is 5.97 Å². The van der Waals surface area contributed by atoms with Crippen LogP contribution in [-0.2, 0) is 4.74 Å². The van der Waals surface area contributed by atoms with E-state index in [1.54, 1.807) is 14.0 Å². The van der Waals surface area contributed by atoms with E-state index in [2.05, 4.69) is 10.3 Å². The van der Waals surface area contributed by atoms with Crippen LogP contribution >= 0.6 is 11.6 Å². The van der Waals surface area contributed by atoms with Crippen LogP contribution < -0.4 is 10.1 Å². The lowest BCUT2D eigenvalue weighted by Gasteiger charge is -2.15. The maximum absolute atomic E-state index is 12.4. The second kappa shape index (κ2) is 7.62. The van der Waals surface area contributed by atoms with Gasteiger partial charge in [0, 0.05) is 22.3 Å². The summed E-state index contributed by atoms with van der Waals surface area (Å²) in [5.74, 6) is 0.188. The molecule has 0 unspecified atom stereocenters. The standard InChI is InChI=1S/C20H19ClN2O3/c1-4-26-20(24)15-11-22-19-14(6-5-7-17(19)25-3)18(15)23-13-9-8-12(2)16(21)10-13/h5-11H,4H2,1-3H3,(H,22,23). The Hall–Kier alpha value is -2.79. The van der Waals surface area contributed by atoms with Crippen molar-refractivity contribution >= 4 is 39.8 Å². The molecule has 26 heavy (non-hydrogen) atoms. The first-order valence-corrected chi connectivity index (χ1v) is 8.59. The summed E-state index contributed by atoms with van der Waals surface area (Å²) >= 11 is 6.23. The van der Waals surface area contributed by atoms with Crippen molar-refractivity contribution in [3.8, 4) is 5.75 Å². The summed E-state index contributed by atoms with van der Waals surface area (Å²) in [5.41, 5.74) is 3.35. The molecule has 0 fully saturated rings. The minimum atomic E-state index is -0.439. The van der Waals surface area contributed by atoms with E-state index in [1.165, 1.54) is 6.20 Å². The minimum absolute atomic E-state index is 0.283. The SMILES string of the molecule is CCOC(=O)c1cnc2c(OC)cccc2c1Nc1ccc(C)c(Cl)c1. The maximum Gasteiger partial charge on any atom is 0.341 e. The molecule has 0 radical (unpaired) electrons. The second-order valence-electron chi connectivity index (χ2n) is 5.71. The lowest BCUT2D eigenvalue weighted by molar-refractivity contribution is 0.0527. The Bertz CT molecular complexity index is 973. The van der Waals surface area contributed by atoms with E-state index in [-0.39, 0.29) is 6.61 Å². The zero-order chi connectivity index (χ0) is 18.7. The van der Waals surface area contributed by atoms with Crippen LogP contribution in [0.25, 0.3) is 10.9 Å². The monoisotopic (exact) mass is 370 g/mol. The average Bonchev–Trinajstić information content (AvgIpc) is 2.64. The first kappa shape index (κ1) is 18.0. The van der Waals surface area contributed by atoms with E-state index in [1.807, 2.05) is 43.3 Å². The van der Waals surface area contributed by atoms with Gasteiger partial charge in [0.05, 0.1) is 19.4 Å². The van der Waals surface area contributed by atoms with E-state index >= 15 is 0 Å². The fraction of sp³-hybridized carbons (Fsp3) is 0.200. The van der Waals surface area contributed by atoms with Crippen LogP contribution in [0.3, 0.4) is 0 Å². The van der Waals surface area contributed by atoms with Crippen molar-refractivity contribution in [2.75, 3.05) is 19.0 Å². The Kier molecular flexibility index (Phi) is 5.28. The molecule has 0 bridgehead atoms. The van der Waals surface area contributed by atoms with Crippen LogP contribution in [0, 0.1) is 6.92 Å². The Morgan fingerprint density at radius 1 is 1.27 bits per heavy atom. The number of nitrogens with zero attached hydrogens (tertiary/aromatic N) is 1. The Labute approximate surface area is 156 Å². The van der Waals surface area contributed by atoms with Gasteiger partial charge in [-0.05, 0) is 37.6 Å². The molecule has 1 N–H and O–H groups in total. The predicted molar refractivity (Wildman–Crippen MR) is 104 cm³/mol. The number of benzene rings is 2. The zero-order valence-electron chi connectivity index (χ0n) is 14.8. The summed E-state index contributed by atoms with van der Waals surface area (Å²) < 4.78 is 10.6. The molecule has 0 saturated heterocycles. The van der Waals surface area contributed by atoms with Gasteiger partial charge in [0.2, 0.25) is 0 Å². The lowest BCUT2D eigenvalue weighted by atomic mass is 10.1. The molecular weight excluding hydrogens is 352 g/mol. The number of anilines is 2. The number of ether oxygens (including phenoxy) is 2. The quantitative estimate of drug-likeness (QED) is 0.631. The van der Waals surface area contributed by atoms with Gasteiger partial charge in [0.1, 0.15) is 16.8 Å². The molecule has 2 aromatic carbocycles. The first-order valence-electron chi connectivity index (χ1n) is 8.21. The van der Waals surface area contributed by atoms with Gasteiger partial charge in [-0.1, -0.05) is 29.8 Å². The van der Waals surface area contributed by atoms with Crippen molar-refractivity contribution in [1.29, 1.82) is 0 Å². The number of aryl methyl sites for hydroxylation is 1. The molecule has 3 aromatic rings. The molecule has 0 atom stereocenters. The van der Waals surface area contributed by atoms with Crippen LogP contribution in [0.5, 0.6) is 5.75 Å². The summed E-state index contributed by atoms with van der Waals surface area (Å²) in [6.45, 7) is 3.98. The number of carbonyl (C=O) groups excluding carboxylic acids is 1. The molecule has 0 aliphatic rings. The molecule has 0 spiro atoms. The van der Waals surface area contributed by atoms with Gasteiger partial charge >= 0.3 is 5.97 Å². The summed E-state index contributed by atoms with van der Waals surface area (Å²) in [5, 5.41) is 4.69. The molecule has 1 aromatic heterocycles. The largest absolute Gasteiger partial charge is 0.494 e. The summed E-state index contributed by atoms with van der Waals surface area (Å²) in [6, 6.07) is 11.2. The number of carbonyl (C=O) groups is 1. The number of halogens is 1. The highest BCUT2D eigenvalue weighted by atomic mass is 35.5. The third kappa shape index (κ3) is 3.44. The highest BCUT2D eigenvalue weighted by Crippen LogP contribution is 2.34. The number of methoxy groups -OCH3 is 1. The van der Waals surface area contributed by atoms with E-state index in [4.69, 9.17) is 21.1 Å². The van der Waals surface area contributed by atoms with Gasteiger partial charge in [-0.15, -0.1) is 0 Å². The van der Waals surface area contributed by atoms with Gasteiger partial charge in [0.25, 0.3) is 0 Å². The van der Waals surface area contributed by atoms with Crippen LogP contribution in [0.1, 0.15) is 22.8 Å². The van der Waals surface area contributed by atoms with Crippen molar-refractivity contribution in [3.63, 3.8) is 0 Å². The molecule has 0 amide bonds. The van der Waals surface area contributed by atoms with Gasteiger partial charge < -0.3 is 14.8 Å². The van der Waals surface area contributed by atoms with Gasteiger partial charge in [-0.3, -0.25) is 4.98 Å². The number of hydrogen-bond donors (Lipinski definition) is 1. The molecule has 0 aliphatic heterocycles. The molecule has 1 heterocycles. The Morgan fingerprint density at radius 2 is 2.08 bits per heavy atom. The minimum Gasteiger partial charge on any atom is -0.494 e. The number of hydrogen-bond acceptors (Lipinski definition) is 5. The average molecular weight is 371 g/mol. The number of rotatable bonds is 5. The number of pyridine rings is 1. The van der Waals surface area contributed by atoms with Crippen LogP contribution in [0.4, 0.5) is 11.4 Å². The number of fused-ring (bicyclic) bond motifs is 1. The van der Waals surface area contributed by atoms with Gasteiger partial charge in [-0.25, -0.2) is 4.79 Å². The third-order valence-corrected chi connectivity index (χ3v) is 4.42. The third-order valence-electron chi connectivity index (χ3n) is 4.02. The first-order chi connectivity index (χ1) is 12.5. The summed E-state index contributed by atoms with van der Waals surface area (Å²) in [6.07, 6.45) is 1.50. The normalized spacial score (nSPS) is 10.6. The summed E-state index contributed by atoms with van der Waals surface area (Å²) in [7, 11) is 1.59. The van der Waals surface area contributed by atoms with Crippen LogP contribution in [-0.4, -0.2) is 24.7 Å². The van der Waals surface area contributed by atoms with Crippen molar-refractivity contribution in [2.24, 2.45) is 0 Å². The van der Waals surface area contributed by atoms with Gasteiger partial charge in [0.15, 0.2) is 0 Å². The van der Waals surface area contributed by atoms with Crippen molar-refractivity contribution in [3.05, 3.63) is 58.7 Å². The van der Waals surface area contributed by atoms with Crippen molar-refractivity contribution in [2.45, 2.75) is 13.8 Å². The van der Waals surface area contributed by atoms with Gasteiger partial charge in [-0.2, -0.15) is 0 Å². The number of esters is 1. The summed E-state index contributed by atoms with van der Waals surface area (Å²) in [4.78, 5) is 16.8. The molecule has 3 rings (SSSR count). The van der Waals surface area contributed by atoms with Crippen molar-refractivity contribution < 1.29 is 14.3 Å². The smallest absolute Gasteiger partial charge is 0.341 e.